The summed E-state index contributed by atoms with van der Waals surface area (Å²) >= 11 is 3.83. The first-order valence-corrected chi connectivity index (χ1v) is 15.8. The molecule has 0 unspecified atom stereocenters. The van der Waals surface area contributed by atoms with Gasteiger partial charge in [-0.25, -0.2) is 9.97 Å². The maximum Gasteiger partial charge on any atom is 2.00 e. The number of hydrogen-bond donors (Lipinski definition) is 0. The topological polar surface area (TPSA) is 54.0 Å². The minimum Gasteiger partial charge on any atom is -0.657 e. The molecule has 0 saturated carbocycles. The van der Waals surface area contributed by atoms with Crippen molar-refractivity contribution in [3.8, 4) is 22.3 Å². The Balaban J connectivity index is 0.00000343. The van der Waals surface area contributed by atoms with Crippen LogP contribution in [-0.2, 0) is 25.9 Å². The van der Waals surface area contributed by atoms with Crippen LogP contribution in [0.25, 0.3) is 68.6 Å². The fourth-order valence-corrected chi connectivity index (χ4v) is 6.34. The Morgan fingerprint density at radius 3 is 1.48 bits per heavy atom. The van der Waals surface area contributed by atoms with Crippen molar-refractivity contribution in [2.75, 3.05) is 0 Å². The molecule has 0 amide bonds. The fourth-order valence-electron chi connectivity index (χ4n) is 5.90. The van der Waals surface area contributed by atoms with Crippen LogP contribution in [0.1, 0.15) is 60.9 Å². The molecular weight excluding hydrogens is 658 g/mol. The zero-order chi connectivity index (χ0) is 29.2. The molecule has 212 valence electrons. The fraction of sp³-hybridized carbons (Fsp3) is 0.158. The van der Waals surface area contributed by atoms with Crippen LogP contribution in [-0.4, -0.2) is 9.97 Å². The molecule has 2 aliphatic rings. The number of rotatable bonds is 7. The van der Waals surface area contributed by atoms with Gasteiger partial charge in [0.2, 0.25) is 0 Å². The van der Waals surface area contributed by atoms with Crippen molar-refractivity contribution in [2.45, 2.75) is 39.0 Å². The zero-order valence-electron chi connectivity index (χ0n) is 24.8. The maximum absolute atomic E-state index is 5.26. The Morgan fingerprint density at radius 2 is 1.00 bits per heavy atom. The van der Waals surface area contributed by atoms with Crippen molar-refractivity contribution >= 4 is 62.3 Å². The molecule has 2 aromatic carbocycles. The molecule has 5 heterocycles. The smallest absolute Gasteiger partial charge is 0.657 e. The van der Waals surface area contributed by atoms with E-state index in [-0.39, 0.29) is 19.5 Å². The summed E-state index contributed by atoms with van der Waals surface area (Å²) in [5.41, 5.74) is 12.6. The minimum atomic E-state index is 0. The molecule has 0 spiro atoms. The molecule has 44 heavy (non-hydrogen) atoms. The molecule has 7 rings (SSSR count). The first kappa shape index (κ1) is 30.2. The first-order valence-electron chi connectivity index (χ1n) is 15.0. The third-order valence-corrected chi connectivity index (χ3v) is 8.87. The van der Waals surface area contributed by atoms with Gasteiger partial charge in [-0.2, -0.15) is 0 Å². The summed E-state index contributed by atoms with van der Waals surface area (Å²) in [6.45, 7) is 2.25. The van der Waals surface area contributed by atoms with E-state index in [2.05, 4.69) is 120 Å². The predicted molar refractivity (Wildman–Crippen MR) is 183 cm³/mol. The molecule has 5 aromatic rings. The van der Waals surface area contributed by atoms with Crippen molar-refractivity contribution in [3.05, 3.63) is 118 Å². The van der Waals surface area contributed by atoms with Gasteiger partial charge in [0.25, 0.3) is 0 Å². The zero-order valence-corrected chi connectivity index (χ0v) is 29.4. The molecule has 2 aliphatic heterocycles. The van der Waals surface area contributed by atoms with Crippen molar-refractivity contribution in [2.24, 2.45) is 0 Å². The Bertz CT molecular complexity index is 1880. The summed E-state index contributed by atoms with van der Waals surface area (Å²) in [6, 6.07) is 29.4. The van der Waals surface area contributed by atoms with E-state index < -0.39 is 0 Å². The quantitative estimate of drug-likeness (QED) is 0.124. The first-order chi connectivity index (χ1) is 21.2. The van der Waals surface area contributed by atoms with Gasteiger partial charge in [0, 0.05) is 0 Å². The average molecular weight is 689 g/mol. The van der Waals surface area contributed by atoms with Gasteiger partial charge < -0.3 is 9.97 Å². The van der Waals surface area contributed by atoms with Crippen LogP contribution in [0.2, 0.25) is 0 Å². The van der Waals surface area contributed by atoms with Crippen molar-refractivity contribution < 1.29 is 19.5 Å². The van der Waals surface area contributed by atoms with Crippen LogP contribution < -0.4 is 9.97 Å². The van der Waals surface area contributed by atoms with Gasteiger partial charge in [0.1, 0.15) is 0 Å². The van der Waals surface area contributed by atoms with Gasteiger partial charge in [-0.05, 0) is 75.3 Å². The van der Waals surface area contributed by atoms with Crippen LogP contribution >= 0.6 is 15.9 Å². The van der Waals surface area contributed by atoms with Gasteiger partial charge in [-0.15, -0.1) is 22.1 Å². The molecule has 4 nitrogen and oxygen atoms in total. The third kappa shape index (κ3) is 5.94. The van der Waals surface area contributed by atoms with Crippen LogP contribution in [0.3, 0.4) is 0 Å². The van der Waals surface area contributed by atoms with Crippen molar-refractivity contribution in [1.29, 1.82) is 0 Å². The van der Waals surface area contributed by atoms with E-state index in [1.54, 1.807) is 0 Å². The number of aryl methyl sites for hydroxylation is 1. The number of aromatic nitrogens is 4. The largest absolute Gasteiger partial charge is 2.00 e. The Morgan fingerprint density at radius 1 is 0.545 bits per heavy atom. The van der Waals surface area contributed by atoms with Crippen LogP contribution in [0.15, 0.2) is 89.4 Å². The molecular formula is C38H31BrN4Zn. The second-order valence-corrected chi connectivity index (χ2v) is 11.7. The summed E-state index contributed by atoms with van der Waals surface area (Å²) in [4.78, 5) is 20.7. The van der Waals surface area contributed by atoms with E-state index in [0.29, 0.717) is 0 Å². The van der Waals surface area contributed by atoms with Crippen molar-refractivity contribution in [1.82, 2.24) is 19.9 Å². The van der Waals surface area contributed by atoms with E-state index in [1.165, 1.54) is 24.8 Å². The molecule has 3 aromatic heterocycles. The molecule has 0 N–H and O–H groups in total. The molecule has 6 heteroatoms. The molecule has 0 aliphatic carbocycles. The standard InChI is InChI=1S/C38H31BrN4.Zn/c1-2-3-4-11-16-27-28-17-19-30(40-28)36(25-12-7-5-8-13-25)32-21-23-34(42-32)38(39)35-24-22-33(43-35)37(26-14-9-6-10-15-26)31-20-18-29(27)41-31;/h5-10,12-15,17-24H,2-4,11,16H2,1H3;/q-2;+2. The summed E-state index contributed by atoms with van der Waals surface area (Å²) in [5, 5.41) is 0. The van der Waals surface area contributed by atoms with E-state index in [0.717, 1.165) is 84.4 Å². The monoisotopic (exact) mass is 686 g/mol. The molecule has 0 atom stereocenters. The number of benzene rings is 2. The van der Waals surface area contributed by atoms with Gasteiger partial charge in [0.05, 0.1) is 27.2 Å². The Hall–Kier alpha value is -3.86. The number of unbranched alkanes of at least 4 members (excludes halogenated alkanes) is 3. The maximum atomic E-state index is 5.26. The van der Waals surface area contributed by atoms with Crippen LogP contribution in [0, 0.1) is 0 Å². The van der Waals surface area contributed by atoms with E-state index in [4.69, 9.17) is 19.9 Å². The SMILES string of the molecule is CCCCCCc1c2ccc([n-]2)c(-c2ccccc2)c2nc(c(Br)c3nc(c(-c4ccccc4)c4ccc1[n-]4)C=C3)C=C2.[Zn+2]. The number of halogens is 1. The second-order valence-electron chi connectivity index (χ2n) is 10.9. The molecule has 0 fully saturated rings. The van der Waals surface area contributed by atoms with Crippen LogP contribution in [0.4, 0.5) is 0 Å². The van der Waals surface area contributed by atoms with Gasteiger partial charge >= 0.3 is 19.5 Å². The van der Waals surface area contributed by atoms with Gasteiger partial charge in [0.15, 0.2) is 0 Å². The normalized spacial score (nSPS) is 12.0. The molecule has 0 radical (unpaired) electrons. The molecule has 0 saturated heterocycles. The average Bonchev–Trinajstić information content (AvgIpc) is 3.87. The Labute approximate surface area is 279 Å². The number of hydrogen-bond acceptors (Lipinski definition) is 2. The number of fused-ring (bicyclic) bond motifs is 8. The molecule has 8 bridgehead atoms. The Kier molecular flexibility index (Phi) is 9.21. The predicted octanol–water partition coefficient (Wildman–Crippen LogP) is 10.1. The third-order valence-electron chi connectivity index (χ3n) is 8.06. The van der Waals surface area contributed by atoms with Crippen LogP contribution in [0.5, 0.6) is 0 Å². The minimum absolute atomic E-state index is 0. The van der Waals surface area contributed by atoms with Crippen molar-refractivity contribution in [3.63, 3.8) is 0 Å². The van der Waals surface area contributed by atoms with E-state index in [9.17, 15) is 0 Å². The van der Waals surface area contributed by atoms with Gasteiger partial charge in [-0.3, -0.25) is 0 Å². The van der Waals surface area contributed by atoms with E-state index in [1.807, 2.05) is 12.1 Å². The van der Waals surface area contributed by atoms with E-state index >= 15 is 0 Å². The van der Waals surface area contributed by atoms with Gasteiger partial charge in [-0.1, -0.05) is 117 Å². The summed E-state index contributed by atoms with van der Waals surface area (Å²) in [6.07, 6.45) is 13.9. The number of nitrogens with zero attached hydrogens (tertiary/aromatic N) is 4. The second kappa shape index (κ2) is 13.4. The summed E-state index contributed by atoms with van der Waals surface area (Å²) in [7, 11) is 0. The summed E-state index contributed by atoms with van der Waals surface area (Å²) < 4.78 is 0.854. The summed E-state index contributed by atoms with van der Waals surface area (Å²) in [5.74, 6) is 0.